The topological polar surface area (TPSA) is 43.8 Å². The van der Waals surface area contributed by atoms with Crippen molar-refractivity contribution in [1.82, 2.24) is 4.90 Å². The Bertz CT molecular complexity index is 673. The number of anilines is 1. The highest BCUT2D eigenvalue weighted by molar-refractivity contribution is 5.94. The predicted molar refractivity (Wildman–Crippen MR) is 100 cm³/mol. The Morgan fingerprint density at radius 3 is 2.40 bits per heavy atom. The van der Waals surface area contributed by atoms with Gasteiger partial charge in [0.15, 0.2) is 0 Å². The number of amides is 1. The van der Waals surface area contributed by atoms with Gasteiger partial charge in [0.1, 0.15) is 0 Å². The third kappa shape index (κ3) is 4.68. The molecule has 2 unspecified atom stereocenters. The number of nitrogens with zero attached hydrogens (tertiary/aromatic N) is 2. The molecule has 3 rings (SSSR count). The molecule has 1 aliphatic rings. The van der Waals surface area contributed by atoms with Crippen LogP contribution < -0.4 is 4.90 Å². The van der Waals surface area contributed by atoms with Crippen LogP contribution in [-0.2, 0) is 11.3 Å². The maximum atomic E-state index is 13.0. The Hall–Kier alpha value is -2.17. The lowest BCUT2D eigenvalue weighted by atomic mass is 10.0. The van der Waals surface area contributed by atoms with E-state index in [1.807, 2.05) is 72.5 Å². The fourth-order valence-electron chi connectivity index (χ4n) is 3.37. The van der Waals surface area contributed by atoms with E-state index in [0.29, 0.717) is 13.1 Å². The summed E-state index contributed by atoms with van der Waals surface area (Å²) < 4.78 is 0. The highest BCUT2D eigenvalue weighted by Crippen LogP contribution is 2.21. The van der Waals surface area contributed by atoms with Gasteiger partial charge in [-0.3, -0.25) is 9.69 Å². The lowest BCUT2D eigenvalue weighted by molar-refractivity contribution is -0.119. The molecule has 132 valence electrons. The molecular formula is C21H26N2O2. The van der Waals surface area contributed by atoms with Crippen molar-refractivity contribution in [2.45, 2.75) is 26.0 Å². The minimum Gasteiger partial charge on any atom is -0.393 e. The van der Waals surface area contributed by atoms with Crippen LogP contribution in [0.4, 0.5) is 5.69 Å². The molecule has 0 aromatic heterocycles. The first kappa shape index (κ1) is 17.6. The van der Waals surface area contributed by atoms with E-state index in [0.717, 1.165) is 30.8 Å². The second kappa shape index (κ2) is 8.28. The standard InChI is InChI=1S/C21H26N2O2/c1-17(24)19-12-13-22(15-19)16-21(25)23(20-10-6-3-7-11-20)14-18-8-4-2-5-9-18/h2-11,17,19,24H,12-16H2,1H3. The summed E-state index contributed by atoms with van der Waals surface area (Å²) >= 11 is 0. The molecule has 0 aliphatic carbocycles. The molecule has 1 heterocycles. The summed E-state index contributed by atoms with van der Waals surface area (Å²) in [5.74, 6) is 0.369. The molecule has 25 heavy (non-hydrogen) atoms. The number of hydrogen-bond acceptors (Lipinski definition) is 3. The summed E-state index contributed by atoms with van der Waals surface area (Å²) in [5, 5.41) is 9.76. The molecule has 0 radical (unpaired) electrons. The van der Waals surface area contributed by atoms with E-state index >= 15 is 0 Å². The van der Waals surface area contributed by atoms with Gasteiger partial charge in [-0.2, -0.15) is 0 Å². The van der Waals surface area contributed by atoms with Crippen molar-refractivity contribution in [3.8, 4) is 0 Å². The molecule has 4 nitrogen and oxygen atoms in total. The minimum absolute atomic E-state index is 0.0984. The molecule has 2 aromatic carbocycles. The maximum absolute atomic E-state index is 13.0. The molecular weight excluding hydrogens is 312 g/mol. The summed E-state index contributed by atoms with van der Waals surface area (Å²) in [5.41, 5.74) is 2.03. The molecule has 0 bridgehead atoms. The number of hydrogen-bond donors (Lipinski definition) is 1. The molecule has 1 amide bonds. The molecule has 1 saturated heterocycles. The summed E-state index contributed by atoms with van der Waals surface area (Å²) in [6.45, 7) is 4.45. The van der Waals surface area contributed by atoms with E-state index in [9.17, 15) is 9.90 Å². The van der Waals surface area contributed by atoms with Crippen molar-refractivity contribution < 1.29 is 9.90 Å². The largest absolute Gasteiger partial charge is 0.393 e. The van der Waals surface area contributed by atoms with Crippen LogP contribution >= 0.6 is 0 Å². The first-order chi connectivity index (χ1) is 12.1. The third-order valence-corrected chi connectivity index (χ3v) is 4.90. The van der Waals surface area contributed by atoms with Gasteiger partial charge in [0, 0.05) is 12.2 Å². The van der Waals surface area contributed by atoms with E-state index in [-0.39, 0.29) is 17.9 Å². The fraction of sp³-hybridized carbons (Fsp3) is 0.381. The number of benzene rings is 2. The average molecular weight is 338 g/mol. The van der Waals surface area contributed by atoms with Crippen LogP contribution in [0.25, 0.3) is 0 Å². The second-order valence-corrected chi connectivity index (χ2v) is 6.83. The van der Waals surface area contributed by atoms with Crippen LogP contribution in [-0.4, -0.2) is 41.7 Å². The highest BCUT2D eigenvalue weighted by Gasteiger charge is 2.28. The zero-order valence-corrected chi connectivity index (χ0v) is 14.7. The van der Waals surface area contributed by atoms with Crippen LogP contribution in [0.3, 0.4) is 0 Å². The Balaban J connectivity index is 1.72. The Kier molecular flexibility index (Phi) is 5.84. The molecule has 2 atom stereocenters. The second-order valence-electron chi connectivity index (χ2n) is 6.83. The van der Waals surface area contributed by atoms with Crippen molar-refractivity contribution in [2.24, 2.45) is 5.92 Å². The lowest BCUT2D eigenvalue weighted by Crippen LogP contribution is -2.39. The first-order valence-corrected chi connectivity index (χ1v) is 8.93. The van der Waals surface area contributed by atoms with Gasteiger partial charge < -0.3 is 10.0 Å². The van der Waals surface area contributed by atoms with Gasteiger partial charge in [0.05, 0.1) is 19.2 Å². The van der Waals surface area contributed by atoms with Gasteiger partial charge >= 0.3 is 0 Å². The molecule has 1 aliphatic heterocycles. The maximum Gasteiger partial charge on any atom is 0.241 e. The number of aliphatic hydroxyl groups excluding tert-OH is 1. The van der Waals surface area contributed by atoms with Gasteiger partial charge in [0.25, 0.3) is 0 Å². The number of aliphatic hydroxyl groups is 1. The number of likely N-dealkylation sites (tertiary alicyclic amines) is 1. The monoisotopic (exact) mass is 338 g/mol. The van der Waals surface area contributed by atoms with Gasteiger partial charge in [-0.25, -0.2) is 0 Å². The Morgan fingerprint density at radius 2 is 1.80 bits per heavy atom. The third-order valence-electron chi connectivity index (χ3n) is 4.90. The molecule has 0 spiro atoms. The van der Waals surface area contributed by atoms with Crippen molar-refractivity contribution in [3.05, 3.63) is 66.2 Å². The normalized spacial score (nSPS) is 18.9. The average Bonchev–Trinajstić information content (AvgIpc) is 3.10. The molecule has 2 aromatic rings. The van der Waals surface area contributed by atoms with Crippen LogP contribution in [0.5, 0.6) is 0 Å². The van der Waals surface area contributed by atoms with E-state index in [1.54, 1.807) is 0 Å². The summed E-state index contributed by atoms with van der Waals surface area (Å²) in [7, 11) is 0. The van der Waals surface area contributed by atoms with Gasteiger partial charge in [-0.15, -0.1) is 0 Å². The van der Waals surface area contributed by atoms with Crippen molar-refractivity contribution >= 4 is 11.6 Å². The summed E-state index contributed by atoms with van der Waals surface area (Å²) in [6.07, 6.45) is 0.643. The summed E-state index contributed by atoms with van der Waals surface area (Å²) in [4.78, 5) is 17.0. The smallest absolute Gasteiger partial charge is 0.241 e. The van der Waals surface area contributed by atoms with E-state index in [2.05, 4.69) is 4.90 Å². The SMILES string of the molecule is CC(O)C1CCN(CC(=O)N(Cc2ccccc2)c2ccccc2)C1. The fourth-order valence-corrected chi connectivity index (χ4v) is 3.37. The minimum atomic E-state index is -0.311. The number of carbonyl (C=O) groups excluding carboxylic acids is 1. The van der Waals surface area contributed by atoms with Crippen LogP contribution in [0.15, 0.2) is 60.7 Å². The van der Waals surface area contributed by atoms with E-state index < -0.39 is 0 Å². The van der Waals surface area contributed by atoms with Crippen LogP contribution in [0, 0.1) is 5.92 Å². The zero-order valence-electron chi connectivity index (χ0n) is 14.7. The van der Waals surface area contributed by atoms with Crippen molar-refractivity contribution in [3.63, 3.8) is 0 Å². The van der Waals surface area contributed by atoms with E-state index in [4.69, 9.17) is 0 Å². The Labute approximate surface area is 149 Å². The van der Waals surface area contributed by atoms with Gasteiger partial charge in [-0.1, -0.05) is 48.5 Å². The number of rotatable bonds is 6. The summed E-state index contributed by atoms with van der Waals surface area (Å²) in [6, 6.07) is 19.9. The van der Waals surface area contributed by atoms with Crippen LogP contribution in [0.2, 0.25) is 0 Å². The highest BCUT2D eigenvalue weighted by atomic mass is 16.3. The van der Waals surface area contributed by atoms with Crippen molar-refractivity contribution in [2.75, 3.05) is 24.5 Å². The van der Waals surface area contributed by atoms with Crippen molar-refractivity contribution in [1.29, 1.82) is 0 Å². The molecule has 1 fully saturated rings. The Morgan fingerprint density at radius 1 is 1.16 bits per heavy atom. The molecule has 4 heteroatoms. The first-order valence-electron chi connectivity index (χ1n) is 8.93. The quantitative estimate of drug-likeness (QED) is 0.881. The number of carbonyl (C=O) groups is 1. The zero-order chi connectivity index (χ0) is 17.6. The van der Waals surface area contributed by atoms with Crippen LogP contribution in [0.1, 0.15) is 18.9 Å². The van der Waals surface area contributed by atoms with Gasteiger partial charge in [-0.05, 0) is 43.5 Å². The number of para-hydroxylation sites is 1. The molecule has 0 saturated carbocycles. The van der Waals surface area contributed by atoms with E-state index in [1.165, 1.54) is 0 Å². The predicted octanol–water partition coefficient (Wildman–Crippen LogP) is 2.92. The lowest BCUT2D eigenvalue weighted by Gasteiger charge is -2.26. The molecule has 1 N–H and O–H groups in total. The van der Waals surface area contributed by atoms with Gasteiger partial charge in [0.2, 0.25) is 5.91 Å².